The maximum absolute atomic E-state index is 13.4. The van der Waals surface area contributed by atoms with Crippen LogP contribution in [0, 0.1) is 12.3 Å². The van der Waals surface area contributed by atoms with Gasteiger partial charge in [-0.1, -0.05) is 6.92 Å². The lowest BCUT2D eigenvalue weighted by Gasteiger charge is -2.38. The third-order valence-corrected chi connectivity index (χ3v) is 6.38. The predicted octanol–water partition coefficient (Wildman–Crippen LogP) is 2.20. The fourth-order valence-electron chi connectivity index (χ4n) is 4.74. The number of aryl methyl sites for hydroxylation is 1. The maximum atomic E-state index is 13.4. The van der Waals surface area contributed by atoms with E-state index in [1.807, 2.05) is 25.1 Å². The third-order valence-electron chi connectivity index (χ3n) is 5.84. The van der Waals surface area contributed by atoms with E-state index in [2.05, 4.69) is 16.9 Å². The number of fused-ring (bicyclic) bond motifs is 2. The molecule has 2 saturated heterocycles. The second-order valence-corrected chi connectivity index (χ2v) is 8.23. The molecule has 138 valence electrons. The van der Waals surface area contributed by atoms with E-state index in [0.29, 0.717) is 12.3 Å². The van der Waals surface area contributed by atoms with E-state index < -0.39 is 5.41 Å². The monoisotopic (exact) mass is 364 g/mol. The van der Waals surface area contributed by atoms with Gasteiger partial charge in [0.1, 0.15) is 5.82 Å². The Bertz CT molecular complexity index is 661. The third kappa shape index (κ3) is 3.07. The molecule has 0 aromatic carbocycles. The number of hydrogen-bond donors (Lipinski definition) is 1. The van der Waals surface area contributed by atoms with Crippen LogP contribution in [0.2, 0.25) is 0 Å². The number of amides is 2. The van der Waals surface area contributed by atoms with Gasteiger partial charge in [0.2, 0.25) is 11.8 Å². The van der Waals surface area contributed by atoms with Crippen LogP contribution in [-0.2, 0) is 16.1 Å². The number of carbonyl (C=O) groups excluding carboxylic acids is 2. The van der Waals surface area contributed by atoms with Crippen molar-refractivity contribution >= 4 is 23.6 Å². The van der Waals surface area contributed by atoms with Crippen molar-refractivity contribution in [2.24, 2.45) is 5.41 Å². The number of thioether (sulfide) groups is 1. The van der Waals surface area contributed by atoms with E-state index in [1.54, 1.807) is 22.9 Å². The number of aromatic nitrogens is 2. The molecule has 0 unspecified atom stereocenters. The molecule has 1 aromatic rings. The number of nitrogens with one attached hydrogen (secondary N) is 1. The Kier molecular flexibility index (Phi) is 5.14. The summed E-state index contributed by atoms with van der Waals surface area (Å²) in [4.78, 5) is 37.2. The van der Waals surface area contributed by atoms with Crippen molar-refractivity contribution in [3.8, 4) is 0 Å². The zero-order chi connectivity index (χ0) is 18.2. The van der Waals surface area contributed by atoms with Crippen LogP contribution in [0.5, 0.6) is 0 Å². The zero-order valence-electron chi connectivity index (χ0n) is 15.5. The summed E-state index contributed by atoms with van der Waals surface area (Å²) in [6.45, 7) is 4.52. The number of rotatable bonds is 6. The van der Waals surface area contributed by atoms with Crippen molar-refractivity contribution in [2.75, 3.05) is 19.1 Å². The Balaban J connectivity index is 1.78. The molecule has 25 heavy (non-hydrogen) atoms. The van der Waals surface area contributed by atoms with Gasteiger partial charge in [-0.15, -0.1) is 0 Å². The molecule has 0 aliphatic carbocycles. The number of H-pyrrole nitrogens is 1. The van der Waals surface area contributed by atoms with Crippen LogP contribution in [0.15, 0.2) is 6.20 Å². The van der Waals surface area contributed by atoms with Crippen LogP contribution < -0.4 is 0 Å². The molecule has 2 aliphatic heterocycles. The van der Waals surface area contributed by atoms with Gasteiger partial charge in [0.15, 0.2) is 0 Å². The van der Waals surface area contributed by atoms with Crippen molar-refractivity contribution in [2.45, 2.75) is 58.2 Å². The van der Waals surface area contributed by atoms with E-state index >= 15 is 0 Å². The van der Waals surface area contributed by atoms with E-state index in [0.717, 1.165) is 37.2 Å². The standard InChI is InChI=1S/C18H28N4O2S/c1-5-18(17(24)21(3)10-15-19-9-12(2)20-15)8-13-6-7-14(18)22(13)16(23)11-25-4/h9,13-14H,5-8,10-11H2,1-4H3,(H,19,20)/t13-,14+,18+/m0/s1. The molecule has 2 fully saturated rings. The van der Waals surface area contributed by atoms with Gasteiger partial charge in [-0.2, -0.15) is 11.8 Å². The van der Waals surface area contributed by atoms with Crippen LogP contribution in [0.25, 0.3) is 0 Å². The Hall–Kier alpha value is -1.50. The van der Waals surface area contributed by atoms with Gasteiger partial charge >= 0.3 is 0 Å². The summed E-state index contributed by atoms with van der Waals surface area (Å²) in [7, 11) is 1.84. The highest BCUT2D eigenvalue weighted by Crippen LogP contribution is 2.52. The molecule has 0 radical (unpaired) electrons. The Morgan fingerprint density at radius 1 is 1.48 bits per heavy atom. The molecular weight excluding hydrogens is 336 g/mol. The summed E-state index contributed by atoms with van der Waals surface area (Å²) < 4.78 is 0. The first kappa shape index (κ1) is 18.3. The highest BCUT2D eigenvalue weighted by Gasteiger charge is 2.60. The van der Waals surface area contributed by atoms with Crippen LogP contribution >= 0.6 is 11.8 Å². The first-order valence-electron chi connectivity index (χ1n) is 8.99. The van der Waals surface area contributed by atoms with Gasteiger partial charge < -0.3 is 14.8 Å². The highest BCUT2D eigenvalue weighted by atomic mass is 32.2. The summed E-state index contributed by atoms with van der Waals surface area (Å²) in [5.41, 5.74) is 0.558. The molecular formula is C18H28N4O2S. The second-order valence-electron chi connectivity index (χ2n) is 7.37. The van der Waals surface area contributed by atoms with Gasteiger partial charge in [-0.25, -0.2) is 4.98 Å². The Morgan fingerprint density at radius 2 is 2.24 bits per heavy atom. The van der Waals surface area contributed by atoms with E-state index in [4.69, 9.17) is 0 Å². The van der Waals surface area contributed by atoms with Crippen molar-refractivity contribution in [3.05, 3.63) is 17.7 Å². The van der Waals surface area contributed by atoms with Gasteiger partial charge in [-0.3, -0.25) is 9.59 Å². The van der Waals surface area contributed by atoms with Crippen LogP contribution in [-0.4, -0.2) is 62.7 Å². The normalized spacial score (nSPS) is 27.8. The summed E-state index contributed by atoms with van der Waals surface area (Å²) in [5, 5.41) is 0. The smallest absolute Gasteiger partial charge is 0.233 e. The second kappa shape index (κ2) is 7.02. The largest absolute Gasteiger partial charge is 0.345 e. The van der Waals surface area contributed by atoms with E-state index in [-0.39, 0.29) is 23.9 Å². The Morgan fingerprint density at radius 3 is 2.84 bits per heavy atom. The quantitative estimate of drug-likeness (QED) is 0.840. The van der Waals surface area contributed by atoms with Gasteiger partial charge in [0.05, 0.1) is 17.7 Å². The average Bonchev–Trinajstić information content (AvgIpc) is 3.27. The highest BCUT2D eigenvalue weighted by molar-refractivity contribution is 7.99. The van der Waals surface area contributed by atoms with Gasteiger partial charge in [0.25, 0.3) is 0 Å². The SMILES string of the molecule is CC[C@@]1(C(=O)N(C)Cc2ncc(C)[nH]2)C[C@@H]2CC[C@H]1N2C(=O)CSC. The average molecular weight is 365 g/mol. The number of aromatic amines is 1. The molecule has 1 aromatic heterocycles. The lowest BCUT2D eigenvalue weighted by atomic mass is 9.71. The number of imidazole rings is 1. The molecule has 1 N–H and O–H groups in total. The molecule has 3 rings (SSSR count). The molecule has 6 nitrogen and oxygen atoms in total. The first-order valence-corrected chi connectivity index (χ1v) is 10.4. The van der Waals surface area contributed by atoms with Gasteiger partial charge in [0, 0.05) is 31.0 Å². The number of nitrogens with zero attached hydrogens (tertiary/aromatic N) is 3. The Labute approximate surface area is 153 Å². The topological polar surface area (TPSA) is 69.3 Å². The minimum absolute atomic E-state index is 0.0513. The molecule has 3 atom stereocenters. The molecule has 0 spiro atoms. The molecule has 2 aliphatic rings. The number of carbonyl (C=O) groups is 2. The van der Waals surface area contributed by atoms with Crippen molar-refractivity contribution in [3.63, 3.8) is 0 Å². The first-order chi connectivity index (χ1) is 11.9. The molecule has 2 amide bonds. The fraction of sp³-hybridized carbons (Fsp3) is 0.722. The van der Waals surface area contributed by atoms with E-state index in [9.17, 15) is 9.59 Å². The number of hydrogen-bond acceptors (Lipinski definition) is 4. The summed E-state index contributed by atoms with van der Waals surface area (Å²) in [5.74, 6) is 1.64. The minimum atomic E-state index is -0.437. The molecule has 3 heterocycles. The van der Waals surface area contributed by atoms with Crippen LogP contribution in [0.1, 0.15) is 44.1 Å². The molecule has 7 heteroatoms. The fourth-order valence-corrected chi connectivity index (χ4v) is 5.14. The lowest BCUT2D eigenvalue weighted by Crippen LogP contribution is -2.50. The minimum Gasteiger partial charge on any atom is -0.345 e. The zero-order valence-corrected chi connectivity index (χ0v) is 16.4. The molecule has 0 saturated carbocycles. The van der Waals surface area contributed by atoms with Gasteiger partial charge in [-0.05, 0) is 38.9 Å². The van der Waals surface area contributed by atoms with Crippen molar-refractivity contribution < 1.29 is 9.59 Å². The summed E-state index contributed by atoms with van der Waals surface area (Å²) in [6.07, 6.45) is 7.28. The molecule has 2 bridgehead atoms. The summed E-state index contributed by atoms with van der Waals surface area (Å²) in [6, 6.07) is 0.281. The van der Waals surface area contributed by atoms with E-state index in [1.165, 1.54) is 0 Å². The lowest BCUT2D eigenvalue weighted by molar-refractivity contribution is -0.144. The van der Waals surface area contributed by atoms with Crippen molar-refractivity contribution in [1.82, 2.24) is 19.8 Å². The van der Waals surface area contributed by atoms with Crippen molar-refractivity contribution in [1.29, 1.82) is 0 Å². The summed E-state index contributed by atoms with van der Waals surface area (Å²) >= 11 is 1.56. The predicted molar refractivity (Wildman–Crippen MR) is 99.2 cm³/mol. The van der Waals surface area contributed by atoms with Crippen LogP contribution in [0.4, 0.5) is 0 Å². The maximum Gasteiger partial charge on any atom is 0.233 e. The van der Waals surface area contributed by atoms with Crippen LogP contribution in [0.3, 0.4) is 0 Å².